The lowest BCUT2D eigenvalue weighted by Crippen LogP contribution is -2.53. The molecule has 5 amide bonds. The number of likely N-dealkylation sites (tertiary alicyclic amines) is 1. The van der Waals surface area contributed by atoms with E-state index in [1.807, 2.05) is 60.7 Å². The summed E-state index contributed by atoms with van der Waals surface area (Å²) in [5, 5.41) is 13.6. The molecule has 0 spiro atoms. The number of hydrogen-bond acceptors (Lipinski definition) is 7. The number of carbonyl (C=O) groups is 5. The quantitative estimate of drug-likeness (QED) is 0.207. The van der Waals surface area contributed by atoms with Gasteiger partial charge in [-0.2, -0.15) is 4.90 Å². The molecule has 2 aliphatic heterocycles. The van der Waals surface area contributed by atoms with Gasteiger partial charge in [0, 0.05) is 16.5 Å². The first kappa shape index (κ1) is 30.1. The van der Waals surface area contributed by atoms with Crippen molar-refractivity contribution in [3.63, 3.8) is 0 Å². The Morgan fingerprint density at radius 3 is 2.38 bits per heavy atom. The lowest BCUT2D eigenvalue weighted by atomic mass is 9.48. The second-order valence-electron chi connectivity index (χ2n) is 12.8. The van der Waals surface area contributed by atoms with Gasteiger partial charge in [0.05, 0.1) is 36.0 Å². The highest BCUT2D eigenvalue weighted by atomic mass is 35.5. The number of rotatable bonds is 3. The summed E-state index contributed by atoms with van der Waals surface area (Å²) in [5.41, 5.74) is 0.464. The van der Waals surface area contributed by atoms with Crippen molar-refractivity contribution in [1.29, 1.82) is 0 Å². The molecule has 4 aromatic carbocycles. The van der Waals surface area contributed by atoms with Crippen LogP contribution in [0, 0.1) is 23.7 Å². The summed E-state index contributed by atoms with van der Waals surface area (Å²) in [6, 6.07) is 26.5. The van der Waals surface area contributed by atoms with E-state index in [4.69, 9.17) is 16.3 Å². The number of imide groups is 4. The summed E-state index contributed by atoms with van der Waals surface area (Å²) < 4.78 is 4.80. The molecule has 8 rings (SSSR count). The van der Waals surface area contributed by atoms with E-state index in [1.165, 1.54) is 4.90 Å². The molecule has 0 radical (unpaired) electrons. The molecule has 4 aliphatic rings. The molecule has 1 saturated carbocycles. The summed E-state index contributed by atoms with van der Waals surface area (Å²) >= 11 is 6.37. The third-order valence-electron chi connectivity index (χ3n) is 10.8. The number of amides is 5. The number of ether oxygens (including phenoxy) is 1. The molecule has 6 unspecified atom stereocenters. The number of halogens is 1. The Morgan fingerprint density at radius 1 is 0.875 bits per heavy atom. The number of anilines is 1. The normalized spacial score (nSPS) is 27.9. The standard InChI is InChI=1S/C38H29ClN2O7/c1-48-37(47)41-33(43)26-16-15-25-27(30(26)35(41)45)19-28-34(44)40(23-12-7-11-22(39)18-23)36(46)38(28,21-9-3-2-4-10-21)32(25)31-24-13-6-5-8-20(24)14-17-29(31)42/h2-15,17-18,26-28,30,32,42H,16,19H2,1H3. The molecule has 9 nitrogen and oxygen atoms in total. The maximum Gasteiger partial charge on any atom is 0.423 e. The van der Waals surface area contributed by atoms with Gasteiger partial charge in [-0.1, -0.05) is 90.0 Å². The minimum Gasteiger partial charge on any atom is -0.508 e. The van der Waals surface area contributed by atoms with Gasteiger partial charge in [0.15, 0.2) is 0 Å². The topological polar surface area (TPSA) is 121 Å². The van der Waals surface area contributed by atoms with Crippen LogP contribution in [0.5, 0.6) is 5.75 Å². The summed E-state index contributed by atoms with van der Waals surface area (Å²) in [4.78, 5) is 72.1. The predicted octanol–water partition coefficient (Wildman–Crippen LogP) is 6.13. The predicted molar refractivity (Wildman–Crippen MR) is 176 cm³/mol. The molecule has 10 heteroatoms. The maximum absolute atomic E-state index is 15.4. The second kappa shape index (κ2) is 10.9. The Kier molecular flexibility index (Phi) is 6.82. The van der Waals surface area contributed by atoms with Crippen molar-refractivity contribution in [2.45, 2.75) is 24.2 Å². The molecule has 0 aromatic heterocycles. The maximum atomic E-state index is 15.4. The van der Waals surface area contributed by atoms with Gasteiger partial charge in [-0.15, -0.1) is 0 Å². The van der Waals surface area contributed by atoms with E-state index in [1.54, 1.807) is 36.4 Å². The van der Waals surface area contributed by atoms with Gasteiger partial charge in [0.25, 0.3) is 0 Å². The van der Waals surface area contributed by atoms with Crippen LogP contribution in [0.25, 0.3) is 10.8 Å². The molecular weight excluding hydrogens is 632 g/mol. The van der Waals surface area contributed by atoms with Crippen LogP contribution in [0.2, 0.25) is 5.02 Å². The van der Waals surface area contributed by atoms with Crippen molar-refractivity contribution in [3.8, 4) is 5.75 Å². The number of allylic oxidation sites excluding steroid dienone is 2. The molecule has 3 fully saturated rings. The van der Waals surface area contributed by atoms with Crippen LogP contribution in [0.1, 0.15) is 29.9 Å². The third kappa shape index (κ3) is 3.94. The van der Waals surface area contributed by atoms with Crippen LogP contribution in [0.4, 0.5) is 10.5 Å². The Labute approximate surface area is 280 Å². The van der Waals surface area contributed by atoms with Crippen LogP contribution in [0.3, 0.4) is 0 Å². The summed E-state index contributed by atoms with van der Waals surface area (Å²) in [6.45, 7) is 0. The first-order valence-electron chi connectivity index (χ1n) is 15.8. The molecule has 2 saturated heterocycles. The van der Waals surface area contributed by atoms with E-state index in [9.17, 15) is 24.3 Å². The number of fused-ring (bicyclic) bond motifs is 5. The first-order chi connectivity index (χ1) is 23.2. The second-order valence-corrected chi connectivity index (χ2v) is 13.2. The fourth-order valence-corrected chi connectivity index (χ4v) is 9.10. The van der Waals surface area contributed by atoms with E-state index in [0.29, 0.717) is 37.7 Å². The van der Waals surface area contributed by atoms with Crippen molar-refractivity contribution < 1.29 is 33.8 Å². The van der Waals surface area contributed by atoms with Gasteiger partial charge < -0.3 is 9.84 Å². The van der Waals surface area contributed by atoms with Crippen molar-refractivity contribution in [2.24, 2.45) is 23.7 Å². The largest absolute Gasteiger partial charge is 0.508 e. The monoisotopic (exact) mass is 660 g/mol. The van der Waals surface area contributed by atoms with Crippen LogP contribution < -0.4 is 4.90 Å². The van der Waals surface area contributed by atoms with Gasteiger partial charge >= 0.3 is 6.09 Å². The average molecular weight is 661 g/mol. The van der Waals surface area contributed by atoms with Crippen LogP contribution in [-0.4, -0.2) is 46.8 Å². The summed E-state index contributed by atoms with van der Waals surface area (Å²) in [5.74, 6) is -6.79. The SMILES string of the molecule is COC(=O)N1C(=O)C2CC=C3C(CC4C(=O)N(c5cccc(Cl)c5)C(=O)C4(c4ccccc4)C3c3c(O)ccc4ccccc34)C2C1=O. The number of phenols is 1. The zero-order valence-electron chi connectivity index (χ0n) is 25.7. The molecule has 4 aromatic rings. The van der Waals surface area contributed by atoms with Gasteiger partial charge in [0.1, 0.15) is 5.75 Å². The fraction of sp³-hybridized carbons (Fsp3) is 0.237. The molecular formula is C38H29ClN2O7. The fourth-order valence-electron chi connectivity index (χ4n) is 8.92. The molecule has 1 N–H and O–H groups in total. The van der Waals surface area contributed by atoms with E-state index < -0.39 is 64.7 Å². The number of nitrogens with zero attached hydrogens (tertiary/aromatic N) is 2. The van der Waals surface area contributed by atoms with Crippen LogP contribution >= 0.6 is 11.6 Å². The smallest absolute Gasteiger partial charge is 0.423 e. The van der Waals surface area contributed by atoms with Gasteiger partial charge in [-0.3, -0.25) is 19.2 Å². The number of hydrogen-bond donors (Lipinski definition) is 1. The Hall–Kier alpha value is -5.28. The van der Waals surface area contributed by atoms with E-state index >= 15 is 4.79 Å². The van der Waals surface area contributed by atoms with Crippen molar-refractivity contribution in [1.82, 2.24) is 4.90 Å². The summed E-state index contributed by atoms with van der Waals surface area (Å²) in [6.07, 6.45) is 1.01. The zero-order valence-corrected chi connectivity index (χ0v) is 26.5. The Morgan fingerprint density at radius 2 is 1.62 bits per heavy atom. The molecule has 240 valence electrons. The molecule has 2 aliphatic carbocycles. The van der Waals surface area contributed by atoms with E-state index in [0.717, 1.165) is 12.5 Å². The highest BCUT2D eigenvalue weighted by molar-refractivity contribution is 6.32. The third-order valence-corrected chi connectivity index (χ3v) is 11.0. The number of carbonyl (C=O) groups excluding carboxylic acids is 5. The van der Waals surface area contributed by atoms with Gasteiger partial charge in [-0.05, 0) is 59.4 Å². The number of benzene rings is 4. The number of methoxy groups -OCH3 is 1. The summed E-state index contributed by atoms with van der Waals surface area (Å²) in [7, 11) is 1.11. The lowest BCUT2D eigenvalue weighted by Gasteiger charge is -2.51. The molecule has 6 atom stereocenters. The lowest BCUT2D eigenvalue weighted by molar-refractivity contribution is -0.138. The van der Waals surface area contributed by atoms with Crippen molar-refractivity contribution in [3.05, 3.63) is 119 Å². The van der Waals surface area contributed by atoms with E-state index in [-0.39, 0.29) is 18.6 Å². The Balaban J connectivity index is 1.44. The number of phenolic OH excluding ortho intramolecular Hbond substituents is 1. The zero-order chi connectivity index (χ0) is 33.5. The van der Waals surface area contributed by atoms with Crippen molar-refractivity contribution >= 4 is 57.8 Å². The highest BCUT2D eigenvalue weighted by Gasteiger charge is 2.71. The highest BCUT2D eigenvalue weighted by Crippen LogP contribution is 2.65. The van der Waals surface area contributed by atoms with Gasteiger partial charge in [-0.25, -0.2) is 9.69 Å². The van der Waals surface area contributed by atoms with Crippen LogP contribution in [-0.2, 0) is 29.3 Å². The molecule has 48 heavy (non-hydrogen) atoms. The minimum atomic E-state index is -1.55. The average Bonchev–Trinajstić information content (AvgIpc) is 3.49. The molecule has 0 bridgehead atoms. The Bertz CT molecular complexity index is 2110. The first-order valence-corrected chi connectivity index (χ1v) is 16.1. The van der Waals surface area contributed by atoms with Gasteiger partial charge in [0.2, 0.25) is 23.6 Å². The number of aromatic hydroxyl groups is 1. The molecule has 2 heterocycles. The van der Waals surface area contributed by atoms with E-state index in [2.05, 4.69) is 0 Å². The minimum absolute atomic E-state index is 0.0552. The van der Waals surface area contributed by atoms with Crippen molar-refractivity contribution in [2.75, 3.05) is 12.0 Å². The van der Waals surface area contributed by atoms with Crippen LogP contribution in [0.15, 0.2) is 103 Å².